The highest BCUT2D eigenvalue weighted by Crippen LogP contribution is 2.35. The van der Waals surface area contributed by atoms with E-state index in [-0.39, 0.29) is 35.1 Å². The molecule has 3 atom stereocenters. The van der Waals surface area contributed by atoms with Crippen LogP contribution in [0, 0.1) is 5.92 Å². The minimum Gasteiger partial charge on any atom is -0.493 e. The Bertz CT molecular complexity index is 1050. The summed E-state index contributed by atoms with van der Waals surface area (Å²) in [4.78, 5) is 41.4. The number of hydrogen-bond acceptors (Lipinski definition) is 8. The van der Waals surface area contributed by atoms with Gasteiger partial charge in [-0.25, -0.2) is 9.78 Å². The van der Waals surface area contributed by atoms with Gasteiger partial charge in [0, 0.05) is 24.6 Å². The molecule has 2 aromatic rings. The highest BCUT2D eigenvalue weighted by Gasteiger charge is 2.33. The van der Waals surface area contributed by atoms with Crippen molar-refractivity contribution >= 4 is 17.8 Å². The van der Waals surface area contributed by atoms with E-state index >= 15 is 0 Å². The molecule has 1 heterocycles. The van der Waals surface area contributed by atoms with Gasteiger partial charge in [-0.1, -0.05) is 45.0 Å². The first-order valence-corrected chi connectivity index (χ1v) is 11.1. The maximum atomic E-state index is 12.9. The summed E-state index contributed by atoms with van der Waals surface area (Å²) in [5, 5.41) is 2.60. The summed E-state index contributed by atoms with van der Waals surface area (Å²) in [5.74, 6) is -1.69. The fraction of sp³-hybridized carbons (Fsp3) is 0.440. The molecule has 0 bridgehead atoms. The van der Waals surface area contributed by atoms with Crippen LogP contribution in [0.4, 0.5) is 0 Å². The monoisotopic (exact) mass is 470 g/mol. The second kappa shape index (κ2) is 11.0. The molecule has 0 saturated heterocycles. The number of carbonyl (C=O) groups is 3. The van der Waals surface area contributed by atoms with Crippen molar-refractivity contribution in [3.8, 4) is 11.5 Å². The Kier molecular flexibility index (Phi) is 8.09. The van der Waals surface area contributed by atoms with E-state index in [4.69, 9.17) is 18.9 Å². The first kappa shape index (κ1) is 25.0. The van der Waals surface area contributed by atoms with Gasteiger partial charge in [0.05, 0.1) is 13.0 Å². The van der Waals surface area contributed by atoms with E-state index in [1.165, 1.54) is 26.3 Å². The van der Waals surface area contributed by atoms with Crippen LogP contribution in [-0.2, 0) is 25.5 Å². The second-order valence-electron chi connectivity index (χ2n) is 8.43. The third kappa shape index (κ3) is 5.65. The van der Waals surface area contributed by atoms with Gasteiger partial charge in [-0.2, -0.15) is 0 Å². The Balaban J connectivity index is 1.64. The maximum absolute atomic E-state index is 12.9. The van der Waals surface area contributed by atoms with Crippen molar-refractivity contribution in [2.24, 2.45) is 5.92 Å². The van der Waals surface area contributed by atoms with E-state index in [0.29, 0.717) is 6.42 Å². The van der Waals surface area contributed by atoms with Gasteiger partial charge in [0.1, 0.15) is 12.1 Å². The third-order valence-electron chi connectivity index (χ3n) is 5.67. The van der Waals surface area contributed by atoms with Crippen LogP contribution in [0.1, 0.15) is 55.2 Å². The number of benzene rings is 1. The minimum absolute atomic E-state index is 0.000474. The zero-order chi connectivity index (χ0) is 24.8. The minimum atomic E-state index is -0.928. The zero-order valence-corrected chi connectivity index (χ0v) is 20.0. The lowest BCUT2D eigenvalue weighted by atomic mass is 10.0. The number of nitrogens with zero attached hydrogens (tertiary/aromatic N) is 1. The van der Waals surface area contributed by atoms with Crippen molar-refractivity contribution in [1.82, 2.24) is 10.3 Å². The normalized spacial score (nSPS) is 17.5. The third-order valence-corrected chi connectivity index (χ3v) is 5.67. The summed E-state index contributed by atoms with van der Waals surface area (Å²) >= 11 is 0. The fourth-order valence-electron chi connectivity index (χ4n) is 3.68. The lowest BCUT2D eigenvalue weighted by Crippen LogP contribution is -2.41. The number of carbonyl (C=O) groups excluding carboxylic acids is 3. The Morgan fingerprint density at radius 3 is 2.53 bits per heavy atom. The van der Waals surface area contributed by atoms with Gasteiger partial charge in [-0.3, -0.25) is 9.59 Å². The van der Waals surface area contributed by atoms with E-state index in [1.54, 1.807) is 13.8 Å². The van der Waals surface area contributed by atoms with Crippen LogP contribution in [0.15, 0.2) is 36.5 Å². The smallest absolute Gasteiger partial charge is 0.328 e. The number of esters is 2. The summed E-state index contributed by atoms with van der Waals surface area (Å²) in [7, 11) is 1.41. The molecule has 0 unspecified atom stereocenters. The molecule has 1 aliphatic carbocycles. The lowest BCUT2D eigenvalue weighted by Gasteiger charge is -2.21. The Morgan fingerprint density at radius 1 is 1.12 bits per heavy atom. The van der Waals surface area contributed by atoms with Crippen molar-refractivity contribution < 1.29 is 33.3 Å². The van der Waals surface area contributed by atoms with E-state index in [2.05, 4.69) is 10.3 Å². The number of amides is 1. The Morgan fingerprint density at radius 2 is 1.85 bits per heavy atom. The predicted molar refractivity (Wildman–Crippen MR) is 123 cm³/mol. The SMILES string of the molecule is COc1ccnc(C(=O)N[C@@H](C)C(=O)O[C@H]2Cc3ccccc3[C@@H]2C)c1OCOC(=O)C(C)C. The average Bonchev–Trinajstić information content (AvgIpc) is 3.13. The molecule has 0 radical (unpaired) electrons. The first-order chi connectivity index (χ1) is 16.2. The number of nitrogens with one attached hydrogen (secondary N) is 1. The summed E-state index contributed by atoms with van der Waals surface area (Å²) in [6.07, 6.45) is 1.71. The zero-order valence-electron chi connectivity index (χ0n) is 20.0. The molecule has 0 saturated carbocycles. The number of fused-ring (bicyclic) bond motifs is 1. The Labute approximate surface area is 198 Å². The van der Waals surface area contributed by atoms with Crippen molar-refractivity contribution in [2.45, 2.75) is 52.2 Å². The molecule has 0 fully saturated rings. The van der Waals surface area contributed by atoms with Gasteiger partial charge in [0.2, 0.25) is 6.79 Å². The fourth-order valence-corrected chi connectivity index (χ4v) is 3.68. The number of aromatic nitrogens is 1. The molecule has 0 spiro atoms. The van der Waals surface area contributed by atoms with Gasteiger partial charge in [-0.15, -0.1) is 0 Å². The van der Waals surface area contributed by atoms with Crippen molar-refractivity contribution in [1.29, 1.82) is 0 Å². The van der Waals surface area contributed by atoms with E-state index in [9.17, 15) is 14.4 Å². The average molecular weight is 471 g/mol. The van der Waals surface area contributed by atoms with Crippen LogP contribution >= 0.6 is 0 Å². The summed E-state index contributed by atoms with van der Waals surface area (Å²) < 4.78 is 21.5. The van der Waals surface area contributed by atoms with Gasteiger partial charge in [0.25, 0.3) is 5.91 Å². The Hall–Kier alpha value is -3.62. The summed E-state index contributed by atoms with van der Waals surface area (Å²) in [6.45, 7) is 6.52. The van der Waals surface area contributed by atoms with E-state index in [1.807, 2.05) is 31.2 Å². The molecule has 9 heteroatoms. The number of hydrogen-bond donors (Lipinski definition) is 1. The molecule has 1 aliphatic rings. The van der Waals surface area contributed by atoms with Gasteiger partial charge in [0.15, 0.2) is 17.2 Å². The molecule has 1 amide bonds. The van der Waals surface area contributed by atoms with Crippen LogP contribution in [0.2, 0.25) is 0 Å². The van der Waals surface area contributed by atoms with Crippen LogP contribution in [0.5, 0.6) is 11.5 Å². The molecular weight excluding hydrogens is 440 g/mol. The molecule has 34 heavy (non-hydrogen) atoms. The highest BCUT2D eigenvalue weighted by atomic mass is 16.7. The largest absolute Gasteiger partial charge is 0.493 e. The molecule has 3 rings (SSSR count). The molecule has 0 aliphatic heterocycles. The van der Waals surface area contributed by atoms with E-state index < -0.39 is 30.7 Å². The topological polar surface area (TPSA) is 113 Å². The van der Waals surface area contributed by atoms with Crippen LogP contribution < -0.4 is 14.8 Å². The maximum Gasteiger partial charge on any atom is 0.328 e. The van der Waals surface area contributed by atoms with Crippen molar-refractivity contribution in [3.05, 3.63) is 53.3 Å². The molecule has 182 valence electrons. The molecule has 1 aromatic heterocycles. The number of pyridine rings is 1. The van der Waals surface area contributed by atoms with Gasteiger partial charge < -0.3 is 24.3 Å². The van der Waals surface area contributed by atoms with Crippen LogP contribution in [0.3, 0.4) is 0 Å². The quantitative estimate of drug-likeness (QED) is 0.440. The summed E-state index contributed by atoms with van der Waals surface area (Å²) in [5.41, 5.74) is 2.21. The molecule has 9 nitrogen and oxygen atoms in total. The highest BCUT2D eigenvalue weighted by molar-refractivity contribution is 5.98. The second-order valence-corrected chi connectivity index (χ2v) is 8.43. The molecule has 1 N–H and O–H groups in total. The van der Waals surface area contributed by atoms with Crippen molar-refractivity contribution in [3.63, 3.8) is 0 Å². The summed E-state index contributed by atoms with van der Waals surface area (Å²) in [6, 6.07) is 8.57. The number of methoxy groups -OCH3 is 1. The first-order valence-electron chi connectivity index (χ1n) is 11.1. The molecular formula is C25H30N2O7. The number of ether oxygens (including phenoxy) is 4. The van der Waals surface area contributed by atoms with Gasteiger partial charge in [-0.05, 0) is 18.1 Å². The van der Waals surface area contributed by atoms with Crippen LogP contribution in [-0.4, -0.2) is 48.9 Å². The lowest BCUT2D eigenvalue weighted by molar-refractivity contribution is -0.154. The van der Waals surface area contributed by atoms with E-state index in [0.717, 1.165) is 11.1 Å². The number of rotatable bonds is 9. The predicted octanol–water partition coefficient (Wildman–Crippen LogP) is 3.02. The molecule has 1 aromatic carbocycles. The van der Waals surface area contributed by atoms with Crippen molar-refractivity contribution in [2.75, 3.05) is 13.9 Å². The standard InChI is InChI=1S/C25H30N2O7/c1-14(2)24(29)33-13-32-22-19(31-5)10-11-26-21(22)23(28)27-16(4)25(30)34-20-12-17-8-6-7-9-18(17)15(20)3/h6-11,14-16,20H,12-13H2,1-5H3,(H,27,28)/t15-,16-,20-/m0/s1. The van der Waals surface area contributed by atoms with Crippen LogP contribution in [0.25, 0.3) is 0 Å². The van der Waals surface area contributed by atoms with Gasteiger partial charge >= 0.3 is 11.9 Å².